The summed E-state index contributed by atoms with van der Waals surface area (Å²) >= 11 is 1.40. The average Bonchev–Trinajstić information content (AvgIpc) is 2.68. The second-order valence-corrected chi connectivity index (χ2v) is 10.5. The van der Waals surface area contributed by atoms with Gasteiger partial charge in [-0.1, -0.05) is 39.0 Å². The van der Waals surface area contributed by atoms with Crippen LogP contribution < -0.4 is 0 Å². The van der Waals surface area contributed by atoms with Gasteiger partial charge >= 0.3 is 113 Å². The molecule has 0 aliphatic rings. The Labute approximate surface area is 206 Å². The maximum absolute atomic E-state index is 10.2. The molecule has 1 unspecified atom stereocenters. The standard InChI is InChI=1S/C18H35.C4H6O7S.Na/c1-3-5-7-9-11-13-15-17-18-16-14-12-10-8-6-4-2;5-3(6)1-2(4(7)8)12(9,10)11;/h17-18H,1,3-16H2,2H3;2H,1H2,(H,5,6)(H,7,8)(H,9,10,11);/b18-17-;;. The van der Waals surface area contributed by atoms with E-state index in [1.54, 1.807) is 0 Å². The summed E-state index contributed by atoms with van der Waals surface area (Å²) < 4.78 is 30.2. The molecule has 9 heteroatoms. The Balaban J connectivity index is 0. The van der Waals surface area contributed by atoms with Crippen molar-refractivity contribution < 1.29 is 32.8 Å². The van der Waals surface area contributed by atoms with Gasteiger partial charge in [-0.15, -0.1) is 0 Å². The molecule has 1 atom stereocenters. The summed E-state index contributed by atoms with van der Waals surface area (Å²) in [5.41, 5.74) is 0. The molecule has 0 heterocycles. The average molecular weight is 473 g/mol. The third kappa shape index (κ3) is 25.7. The van der Waals surface area contributed by atoms with Crippen LogP contribution in [-0.4, -0.2) is 68.3 Å². The summed E-state index contributed by atoms with van der Waals surface area (Å²) in [6, 6.07) is 0. The van der Waals surface area contributed by atoms with Crippen molar-refractivity contribution in [2.75, 3.05) is 0 Å². The fraction of sp³-hybridized carbons (Fsp3) is 0.818. The fourth-order valence-corrected chi connectivity index (χ4v) is 4.08. The molecule has 0 aliphatic carbocycles. The first-order valence-corrected chi connectivity index (χ1v) is 14.6. The first kappa shape index (κ1) is 32.8. The van der Waals surface area contributed by atoms with Gasteiger partial charge in [0, 0.05) is 0 Å². The van der Waals surface area contributed by atoms with Crippen LogP contribution in [0, 0.1) is 0 Å². The van der Waals surface area contributed by atoms with Gasteiger partial charge in [0.2, 0.25) is 0 Å². The SMILES string of the molecule is CCCCCCCC/C=C\CCCCCCC[CH2][Na].O=C(O)CC(C(=O)O)S(=O)(=O)O. The second kappa shape index (κ2) is 22.8. The van der Waals surface area contributed by atoms with Gasteiger partial charge in [0.25, 0.3) is 10.1 Å². The van der Waals surface area contributed by atoms with E-state index in [-0.39, 0.29) is 0 Å². The number of carboxylic acid groups (broad SMARTS) is 2. The molecule has 0 aliphatic heterocycles. The molecular formula is C22H41NaO7S. The van der Waals surface area contributed by atoms with E-state index in [9.17, 15) is 18.0 Å². The molecule has 0 saturated carbocycles. The van der Waals surface area contributed by atoms with E-state index in [1.165, 1.54) is 121 Å². The van der Waals surface area contributed by atoms with Crippen molar-refractivity contribution in [2.24, 2.45) is 0 Å². The summed E-state index contributed by atoms with van der Waals surface area (Å²) in [5, 5.41) is 13.9. The van der Waals surface area contributed by atoms with E-state index in [1.807, 2.05) is 0 Å². The molecule has 0 fully saturated rings. The molecule has 0 amide bonds. The van der Waals surface area contributed by atoms with Crippen molar-refractivity contribution in [3.63, 3.8) is 0 Å². The Bertz CT molecular complexity index is 576. The third-order valence-corrected chi connectivity index (χ3v) is 6.65. The van der Waals surface area contributed by atoms with Crippen LogP contribution >= 0.6 is 0 Å². The predicted octanol–water partition coefficient (Wildman–Crippen LogP) is 5.41. The number of hydrogen-bond acceptors (Lipinski definition) is 4. The summed E-state index contributed by atoms with van der Waals surface area (Å²) in [6.07, 6.45) is 23.6. The molecule has 0 aromatic rings. The molecular weight excluding hydrogens is 431 g/mol. The molecule has 0 rings (SSSR count). The first-order valence-electron chi connectivity index (χ1n) is 11.7. The number of aliphatic carboxylic acids is 2. The molecule has 3 N–H and O–H groups in total. The monoisotopic (exact) mass is 472 g/mol. The van der Waals surface area contributed by atoms with Crippen LogP contribution in [-0.2, 0) is 19.7 Å². The van der Waals surface area contributed by atoms with E-state index >= 15 is 0 Å². The van der Waals surface area contributed by atoms with E-state index in [0.717, 1.165) is 0 Å². The van der Waals surface area contributed by atoms with Gasteiger partial charge in [0.1, 0.15) is 0 Å². The molecule has 0 aromatic heterocycles. The van der Waals surface area contributed by atoms with Crippen molar-refractivity contribution in [1.82, 2.24) is 0 Å². The van der Waals surface area contributed by atoms with Crippen LogP contribution in [0.5, 0.6) is 0 Å². The zero-order valence-electron chi connectivity index (χ0n) is 19.4. The second-order valence-electron chi connectivity index (χ2n) is 7.88. The van der Waals surface area contributed by atoms with E-state index in [2.05, 4.69) is 19.1 Å². The van der Waals surface area contributed by atoms with Crippen molar-refractivity contribution in [3.8, 4) is 0 Å². The van der Waals surface area contributed by atoms with Crippen molar-refractivity contribution in [2.45, 2.75) is 112 Å². The quantitative estimate of drug-likeness (QED) is 0.0991. The molecule has 0 aromatic carbocycles. The minimum absolute atomic E-state index is 1.16. The van der Waals surface area contributed by atoms with Crippen molar-refractivity contribution >= 4 is 50.0 Å². The molecule has 0 saturated heterocycles. The zero-order valence-corrected chi connectivity index (χ0v) is 22.2. The number of carbonyl (C=O) groups is 2. The minimum atomic E-state index is -4.84. The predicted molar refractivity (Wildman–Crippen MR) is 125 cm³/mol. The molecule has 0 spiro atoms. The van der Waals surface area contributed by atoms with E-state index in [0.29, 0.717) is 0 Å². The van der Waals surface area contributed by atoms with Crippen LogP contribution in [0.1, 0.15) is 103 Å². The van der Waals surface area contributed by atoms with Gasteiger partial charge in [-0.05, 0) is 0 Å². The van der Waals surface area contributed by atoms with E-state index < -0.39 is 33.7 Å². The van der Waals surface area contributed by atoms with Gasteiger partial charge in [0.05, 0.1) is 6.42 Å². The first-order chi connectivity index (χ1) is 14.7. The van der Waals surface area contributed by atoms with Gasteiger partial charge < -0.3 is 10.2 Å². The largest absolute Gasteiger partial charge is 0.481 e. The number of hydrogen-bond donors (Lipinski definition) is 3. The normalized spacial score (nSPS) is 12.4. The van der Waals surface area contributed by atoms with Gasteiger partial charge in [-0.2, -0.15) is 8.42 Å². The number of rotatable bonds is 19. The Morgan fingerprint density at radius 3 is 1.55 bits per heavy atom. The summed E-state index contributed by atoms with van der Waals surface area (Å²) in [6.45, 7) is 2.29. The van der Waals surface area contributed by atoms with Crippen LogP contribution in [0.25, 0.3) is 0 Å². The Hall–Kier alpha value is -0.410. The molecule has 178 valence electrons. The number of carboxylic acids is 2. The van der Waals surface area contributed by atoms with Gasteiger partial charge in [-0.3, -0.25) is 14.1 Å². The number of unbranched alkanes of at least 4 members (excludes halogenated alkanes) is 12. The van der Waals surface area contributed by atoms with Crippen LogP contribution in [0.15, 0.2) is 12.2 Å². The molecule has 31 heavy (non-hydrogen) atoms. The number of allylic oxidation sites excluding steroid dienone is 2. The van der Waals surface area contributed by atoms with Crippen molar-refractivity contribution in [1.29, 1.82) is 0 Å². The maximum Gasteiger partial charge on any atom is 0.325 e. The Morgan fingerprint density at radius 2 is 1.23 bits per heavy atom. The summed E-state index contributed by atoms with van der Waals surface area (Å²) in [4.78, 5) is 20.0. The maximum atomic E-state index is 10.2. The summed E-state index contributed by atoms with van der Waals surface area (Å²) in [5.74, 6) is -3.50. The van der Waals surface area contributed by atoms with Crippen molar-refractivity contribution in [3.05, 3.63) is 12.2 Å². The third-order valence-electron chi connectivity index (χ3n) is 4.86. The van der Waals surface area contributed by atoms with E-state index in [4.69, 9.17) is 14.8 Å². The van der Waals surface area contributed by atoms with Crippen LogP contribution in [0.2, 0.25) is 3.67 Å². The molecule has 7 nitrogen and oxygen atoms in total. The van der Waals surface area contributed by atoms with Gasteiger partial charge in [-0.25, -0.2) is 0 Å². The Kier molecular flexibility index (Phi) is 24.1. The fourth-order valence-electron chi connectivity index (χ4n) is 2.98. The smallest absolute Gasteiger partial charge is 0.325 e. The zero-order chi connectivity index (χ0) is 24.0. The minimum Gasteiger partial charge on any atom is -0.481 e. The topological polar surface area (TPSA) is 129 Å². The van der Waals surface area contributed by atoms with Crippen LogP contribution in [0.4, 0.5) is 0 Å². The molecule has 0 bridgehead atoms. The van der Waals surface area contributed by atoms with Gasteiger partial charge in [0.15, 0.2) is 5.25 Å². The van der Waals surface area contributed by atoms with Crippen LogP contribution in [0.3, 0.4) is 0 Å². The molecule has 0 radical (unpaired) electrons. The summed E-state index contributed by atoms with van der Waals surface area (Å²) in [7, 11) is -4.84. The Morgan fingerprint density at radius 1 is 0.806 bits per heavy atom.